The number of nitrogens with two attached hydrogens (primary N) is 1. The van der Waals surface area contributed by atoms with Gasteiger partial charge in [0.1, 0.15) is 6.04 Å². The van der Waals surface area contributed by atoms with Crippen LogP contribution in [0.1, 0.15) is 65.9 Å². The van der Waals surface area contributed by atoms with E-state index in [0.29, 0.717) is 13.0 Å². The number of likely N-dealkylation sites (tertiary alicyclic amines) is 1. The molecule has 1 aliphatic rings. The van der Waals surface area contributed by atoms with Crippen molar-refractivity contribution in [3.63, 3.8) is 0 Å². The summed E-state index contributed by atoms with van der Waals surface area (Å²) in [6, 6.07) is 6.61. The van der Waals surface area contributed by atoms with E-state index in [1.165, 1.54) is 7.11 Å². The van der Waals surface area contributed by atoms with Crippen molar-refractivity contribution in [3.05, 3.63) is 35.9 Å². The SMILES string of the molecule is CCC(C)C(C(CC(=O)N1CCCC1C(OC)C(C)C(=O)N[C@@H](Cc1ccccc1)C(=O)O)OC)N(C)C(=O)[C@@H](N)C(C)C. The number of hydrogen-bond acceptors (Lipinski definition) is 7. The van der Waals surface area contributed by atoms with Gasteiger partial charge in [-0.25, -0.2) is 4.79 Å². The van der Waals surface area contributed by atoms with Crippen LogP contribution in [0.4, 0.5) is 0 Å². The van der Waals surface area contributed by atoms with Gasteiger partial charge in [-0.2, -0.15) is 0 Å². The van der Waals surface area contributed by atoms with Crippen molar-refractivity contribution >= 4 is 23.7 Å². The summed E-state index contributed by atoms with van der Waals surface area (Å²) in [5.41, 5.74) is 7.00. The normalized spacial score (nSPS) is 19.9. The van der Waals surface area contributed by atoms with Crippen molar-refractivity contribution in [1.29, 1.82) is 0 Å². The van der Waals surface area contributed by atoms with E-state index >= 15 is 0 Å². The maximum Gasteiger partial charge on any atom is 0.326 e. The predicted molar refractivity (Wildman–Crippen MR) is 169 cm³/mol. The predicted octanol–water partition coefficient (Wildman–Crippen LogP) is 2.70. The average Bonchev–Trinajstić information content (AvgIpc) is 3.49. The van der Waals surface area contributed by atoms with Crippen molar-refractivity contribution in [3.8, 4) is 0 Å². The molecule has 1 aliphatic heterocycles. The Kier molecular flexibility index (Phi) is 14.8. The maximum absolute atomic E-state index is 13.8. The lowest BCUT2D eigenvalue weighted by Crippen LogP contribution is -2.56. The van der Waals surface area contributed by atoms with E-state index in [2.05, 4.69) is 5.32 Å². The minimum atomic E-state index is -1.12. The molecule has 1 fully saturated rings. The minimum absolute atomic E-state index is 0.0372. The third-order valence-corrected chi connectivity index (χ3v) is 9.16. The van der Waals surface area contributed by atoms with Crippen LogP contribution in [0.25, 0.3) is 0 Å². The zero-order valence-corrected chi connectivity index (χ0v) is 27.7. The number of benzene rings is 1. The smallest absolute Gasteiger partial charge is 0.326 e. The standard InChI is InChI=1S/C33H54N4O7/c1-9-21(4)29(36(6)32(40)28(34)20(2)3)26(43-7)19-27(38)37-17-13-16-25(37)30(44-8)22(5)31(39)35-24(33(41)42)18-23-14-11-10-12-15-23/h10-12,14-15,20-22,24-26,28-30H,9,13,16-19,34H2,1-8H3,(H,35,39)(H,41,42)/t21?,22?,24-,25?,26?,28-,29?,30?/m0/s1. The Bertz CT molecular complexity index is 1090. The number of methoxy groups -OCH3 is 2. The number of rotatable bonds is 17. The van der Waals surface area contributed by atoms with E-state index in [1.54, 1.807) is 30.9 Å². The van der Waals surface area contributed by atoms with Crippen LogP contribution in [0.15, 0.2) is 30.3 Å². The van der Waals surface area contributed by atoms with Crippen molar-refractivity contribution < 1.29 is 33.8 Å². The van der Waals surface area contributed by atoms with Crippen LogP contribution >= 0.6 is 0 Å². The number of carbonyl (C=O) groups is 4. The van der Waals surface area contributed by atoms with Crippen molar-refractivity contribution in [2.75, 3.05) is 27.8 Å². The molecule has 0 radical (unpaired) electrons. The molecule has 8 atom stereocenters. The Morgan fingerprint density at radius 3 is 2.25 bits per heavy atom. The molecule has 11 heteroatoms. The summed E-state index contributed by atoms with van der Waals surface area (Å²) in [5.74, 6) is -2.63. The van der Waals surface area contributed by atoms with Crippen LogP contribution in [-0.4, -0.2) is 103 Å². The van der Waals surface area contributed by atoms with Gasteiger partial charge in [-0.05, 0) is 30.2 Å². The second kappa shape index (κ2) is 17.5. The van der Waals surface area contributed by atoms with Crippen LogP contribution in [0.5, 0.6) is 0 Å². The first-order valence-corrected chi connectivity index (χ1v) is 15.7. The molecule has 0 saturated carbocycles. The molecule has 3 amide bonds. The zero-order valence-electron chi connectivity index (χ0n) is 27.7. The molecule has 0 spiro atoms. The van der Waals surface area contributed by atoms with Crippen LogP contribution in [0.2, 0.25) is 0 Å². The van der Waals surface area contributed by atoms with E-state index in [0.717, 1.165) is 18.4 Å². The van der Waals surface area contributed by atoms with Gasteiger partial charge in [-0.15, -0.1) is 0 Å². The number of hydrogen-bond donors (Lipinski definition) is 3. The fraction of sp³-hybridized carbons (Fsp3) is 0.697. The summed E-state index contributed by atoms with van der Waals surface area (Å²) in [4.78, 5) is 55.7. The number of aliphatic carboxylic acids is 1. The molecule has 0 bridgehead atoms. The molecule has 0 aliphatic carbocycles. The molecule has 248 valence electrons. The first-order chi connectivity index (χ1) is 20.8. The third kappa shape index (κ3) is 9.49. The van der Waals surface area contributed by atoms with E-state index in [-0.39, 0.29) is 48.6 Å². The molecule has 1 aromatic rings. The fourth-order valence-electron chi connectivity index (χ4n) is 6.18. The Hall–Kier alpha value is -3.02. The number of carbonyl (C=O) groups excluding carboxylic acids is 3. The number of amides is 3. The van der Waals surface area contributed by atoms with Crippen LogP contribution < -0.4 is 11.1 Å². The Morgan fingerprint density at radius 2 is 1.73 bits per heavy atom. The lowest BCUT2D eigenvalue weighted by molar-refractivity contribution is -0.147. The average molecular weight is 619 g/mol. The molecule has 1 aromatic carbocycles. The lowest BCUT2D eigenvalue weighted by Gasteiger charge is -2.40. The molecule has 0 aromatic heterocycles. The summed E-state index contributed by atoms with van der Waals surface area (Å²) >= 11 is 0. The number of carboxylic acid groups (broad SMARTS) is 1. The molecule has 11 nitrogen and oxygen atoms in total. The molecule has 44 heavy (non-hydrogen) atoms. The highest BCUT2D eigenvalue weighted by Gasteiger charge is 2.42. The highest BCUT2D eigenvalue weighted by molar-refractivity contribution is 5.86. The van der Waals surface area contributed by atoms with E-state index in [1.807, 2.05) is 58.0 Å². The number of ether oxygens (including phenoxy) is 2. The quantitative estimate of drug-likeness (QED) is 0.241. The molecule has 6 unspecified atom stereocenters. The number of carboxylic acids is 1. The highest BCUT2D eigenvalue weighted by Crippen LogP contribution is 2.29. The first-order valence-electron chi connectivity index (χ1n) is 15.7. The Labute approximate surface area is 262 Å². The second-order valence-corrected chi connectivity index (χ2v) is 12.4. The van der Waals surface area contributed by atoms with Gasteiger partial charge in [0.15, 0.2) is 0 Å². The van der Waals surface area contributed by atoms with Gasteiger partial charge < -0.3 is 35.4 Å². The van der Waals surface area contributed by atoms with Gasteiger partial charge in [-0.3, -0.25) is 14.4 Å². The fourth-order valence-corrected chi connectivity index (χ4v) is 6.18. The van der Waals surface area contributed by atoms with E-state index in [9.17, 15) is 24.3 Å². The zero-order chi connectivity index (χ0) is 33.1. The number of nitrogens with one attached hydrogen (secondary N) is 1. The molecular formula is C33H54N4O7. The number of likely N-dealkylation sites (N-methyl/N-ethyl adjacent to an activating group) is 1. The van der Waals surface area contributed by atoms with Crippen LogP contribution in [-0.2, 0) is 35.1 Å². The summed E-state index contributed by atoms with van der Waals surface area (Å²) in [6.45, 7) is 10.1. The molecule has 4 N–H and O–H groups in total. The first kappa shape index (κ1) is 37.2. The Balaban J connectivity index is 2.20. The summed E-state index contributed by atoms with van der Waals surface area (Å²) in [7, 11) is 4.78. The Morgan fingerprint density at radius 1 is 1.09 bits per heavy atom. The van der Waals surface area contributed by atoms with Crippen LogP contribution in [0, 0.1) is 17.8 Å². The van der Waals surface area contributed by atoms with E-state index < -0.39 is 42.1 Å². The van der Waals surface area contributed by atoms with Gasteiger partial charge in [0, 0.05) is 34.2 Å². The van der Waals surface area contributed by atoms with Gasteiger partial charge in [-0.1, -0.05) is 71.4 Å². The van der Waals surface area contributed by atoms with Gasteiger partial charge >= 0.3 is 5.97 Å². The van der Waals surface area contributed by atoms with Gasteiger partial charge in [0.05, 0.1) is 42.7 Å². The van der Waals surface area contributed by atoms with Crippen molar-refractivity contribution in [1.82, 2.24) is 15.1 Å². The van der Waals surface area contributed by atoms with Crippen molar-refractivity contribution in [2.24, 2.45) is 23.5 Å². The molecular weight excluding hydrogens is 564 g/mol. The summed E-state index contributed by atoms with van der Waals surface area (Å²) in [6.07, 6.45) is 1.14. The van der Waals surface area contributed by atoms with E-state index in [4.69, 9.17) is 15.2 Å². The number of nitrogens with zero attached hydrogens (tertiary/aromatic N) is 2. The third-order valence-electron chi connectivity index (χ3n) is 9.16. The van der Waals surface area contributed by atoms with Gasteiger partial charge in [0.2, 0.25) is 17.7 Å². The van der Waals surface area contributed by atoms with Gasteiger partial charge in [0.25, 0.3) is 0 Å². The lowest BCUT2D eigenvalue weighted by atomic mass is 9.89. The topological polar surface area (TPSA) is 152 Å². The largest absolute Gasteiger partial charge is 0.480 e. The molecule has 2 rings (SSSR count). The summed E-state index contributed by atoms with van der Waals surface area (Å²) in [5, 5.41) is 12.5. The van der Waals surface area contributed by atoms with Crippen molar-refractivity contribution in [2.45, 2.75) is 103 Å². The maximum atomic E-state index is 13.8. The minimum Gasteiger partial charge on any atom is -0.480 e. The molecule has 1 saturated heterocycles. The highest BCUT2D eigenvalue weighted by atomic mass is 16.5. The molecule has 1 heterocycles. The second-order valence-electron chi connectivity index (χ2n) is 12.4. The van der Waals surface area contributed by atoms with Crippen LogP contribution in [0.3, 0.4) is 0 Å². The summed E-state index contributed by atoms with van der Waals surface area (Å²) < 4.78 is 11.7. The monoisotopic (exact) mass is 618 g/mol.